The highest BCUT2D eigenvalue weighted by Crippen LogP contribution is 2.17. The van der Waals surface area contributed by atoms with Gasteiger partial charge in [0.1, 0.15) is 12.4 Å². The van der Waals surface area contributed by atoms with Crippen molar-refractivity contribution >= 4 is 21.4 Å². The van der Waals surface area contributed by atoms with E-state index in [0.717, 1.165) is 6.26 Å². The summed E-state index contributed by atoms with van der Waals surface area (Å²) in [6.07, 6.45) is 2.14. The van der Waals surface area contributed by atoms with Gasteiger partial charge in [-0.05, 0) is 25.5 Å². The van der Waals surface area contributed by atoms with E-state index in [0.29, 0.717) is 24.3 Å². The van der Waals surface area contributed by atoms with Crippen LogP contribution in [0, 0.1) is 0 Å². The van der Waals surface area contributed by atoms with Gasteiger partial charge in [0.05, 0.1) is 5.75 Å². The molecule has 0 heterocycles. The van der Waals surface area contributed by atoms with Crippen molar-refractivity contribution < 1.29 is 17.9 Å². The monoisotopic (exact) mass is 314 g/mol. The minimum atomic E-state index is -3.05. The lowest BCUT2D eigenvalue weighted by atomic mass is 10.2. The summed E-state index contributed by atoms with van der Waals surface area (Å²) in [7, 11) is -3.05. The molecule has 21 heavy (non-hydrogen) atoms. The molecule has 0 fully saturated rings. The number of carbonyl (C=O) groups excluding carboxylic acids is 1. The number of nitrogens with one attached hydrogen (secondary N) is 1. The fraction of sp³-hybridized carbons (Fsp3) is 0.500. The van der Waals surface area contributed by atoms with Crippen LogP contribution in [-0.4, -0.2) is 39.0 Å². The van der Waals surface area contributed by atoms with E-state index in [1.165, 1.54) is 0 Å². The molecule has 1 rings (SSSR count). The normalized spacial score (nSPS) is 12.7. The highest BCUT2D eigenvalue weighted by Gasteiger charge is 2.06. The molecule has 3 N–H and O–H groups in total. The van der Waals surface area contributed by atoms with Crippen molar-refractivity contribution in [2.45, 2.75) is 25.8 Å². The van der Waals surface area contributed by atoms with Crippen LogP contribution in [0.2, 0.25) is 0 Å². The molecule has 1 aromatic carbocycles. The summed E-state index contributed by atoms with van der Waals surface area (Å²) in [5, 5.41) is 2.75. The van der Waals surface area contributed by atoms with Gasteiger partial charge < -0.3 is 15.8 Å². The van der Waals surface area contributed by atoms with Crippen LogP contribution in [0.15, 0.2) is 24.3 Å². The second-order valence-corrected chi connectivity index (χ2v) is 7.33. The van der Waals surface area contributed by atoms with Crippen molar-refractivity contribution in [3.63, 3.8) is 0 Å². The maximum atomic E-state index is 11.7. The molecule has 0 saturated carbocycles. The number of benzene rings is 1. The quantitative estimate of drug-likeness (QED) is 0.750. The number of carbonyl (C=O) groups is 1. The van der Waals surface area contributed by atoms with Crippen LogP contribution in [0.4, 0.5) is 5.69 Å². The third-order valence-electron chi connectivity index (χ3n) is 2.67. The Kier molecular flexibility index (Phi) is 6.64. The van der Waals surface area contributed by atoms with Gasteiger partial charge in [-0.15, -0.1) is 0 Å². The average molecular weight is 314 g/mol. The topological polar surface area (TPSA) is 98.5 Å². The van der Waals surface area contributed by atoms with Crippen molar-refractivity contribution in [2.75, 3.05) is 23.9 Å². The van der Waals surface area contributed by atoms with Crippen LogP contribution >= 0.6 is 0 Å². The molecule has 0 aliphatic carbocycles. The van der Waals surface area contributed by atoms with Crippen LogP contribution < -0.4 is 15.8 Å². The summed E-state index contributed by atoms with van der Waals surface area (Å²) in [4.78, 5) is 11.7. The van der Waals surface area contributed by atoms with E-state index >= 15 is 0 Å². The highest BCUT2D eigenvalue weighted by molar-refractivity contribution is 7.90. The second kappa shape index (κ2) is 7.99. The fourth-order valence-electron chi connectivity index (χ4n) is 1.56. The van der Waals surface area contributed by atoms with E-state index in [4.69, 9.17) is 10.5 Å². The van der Waals surface area contributed by atoms with Crippen molar-refractivity contribution in [3.8, 4) is 5.75 Å². The Bertz CT molecular complexity index is 570. The molecule has 1 atom stereocenters. The van der Waals surface area contributed by atoms with E-state index in [-0.39, 0.29) is 24.3 Å². The van der Waals surface area contributed by atoms with E-state index in [1.807, 2.05) is 6.92 Å². The molecule has 0 saturated heterocycles. The van der Waals surface area contributed by atoms with Crippen LogP contribution in [0.5, 0.6) is 5.75 Å². The Morgan fingerprint density at radius 1 is 1.43 bits per heavy atom. The summed E-state index contributed by atoms with van der Waals surface area (Å²) in [5.41, 5.74) is 6.21. The lowest BCUT2D eigenvalue weighted by Crippen LogP contribution is -2.19. The molecule has 1 unspecified atom stereocenters. The van der Waals surface area contributed by atoms with Gasteiger partial charge in [0.25, 0.3) is 0 Å². The van der Waals surface area contributed by atoms with Crippen molar-refractivity contribution in [1.82, 2.24) is 0 Å². The van der Waals surface area contributed by atoms with Gasteiger partial charge in [0.2, 0.25) is 5.91 Å². The molecule has 1 amide bonds. The summed E-state index contributed by atoms with van der Waals surface area (Å²) >= 11 is 0. The molecule has 7 heteroatoms. The van der Waals surface area contributed by atoms with E-state index < -0.39 is 9.84 Å². The van der Waals surface area contributed by atoms with E-state index in [1.54, 1.807) is 24.3 Å². The molecule has 0 aliphatic rings. The number of anilines is 1. The van der Waals surface area contributed by atoms with Crippen molar-refractivity contribution in [3.05, 3.63) is 24.3 Å². The minimum absolute atomic E-state index is 0.0126. The maximum Gasteiger partial charge on any atom is 0.224 e. The first kappa shape index (κ1) is 17.5. The molecule has 0 aromatic heterocycles. The zero-order chi connectivity index (χ0) is 15.9. The Labute approximate surface area is 125 Å². The summed E-state index contributed by atoms with van der Waals surface area (Å²) in [6.45, 7) is 1.93. The maximum absolute atomic E-state index is 11.7. The summed E-state index contributed by atoms with van der Waals surface area (Å²) < 4.78 is 27.4. The third-order valence-corrected chi connectivity index (χ3v) is 3.58. The molecule has 6 nitrogen and oxygen atoms in total. The van der Waals surface area contributed by atoms with Crippen LogP contribution in [0.1, 0.15) is 19.8 Å². The van der Waals surface area contributed by atoms with Crippen molar-refractivity contribution in [1.29, 1.82) is 0 Å². The lowest BCUT2D eigenvalue weighted by molar-refractivity contribution is -0.116. The molecule has 0 spiro atoms. The van der Waals surface area contributed by atoms with Gasteiger partial charge in [0.15, 0.2) is 9.84 Å². The first-order valence-electron chi connectivity index (χ1n) is 6.72. The van der Waals surface area contributed by atoms with Crippen LogP contribution in [0.25, 0.3) is 0 Å². The SMILES string of the molecule is CC(N)CCC(=O)Nc1cccc(OCCS(C)(=O)=O)c1. The van der Waals surface area contributed by atoms with Crippen LogP contribution in [-0.2, 0) is 14.6 Å². The average Bonchev–Trinajstić information content (AvgIpc) is 2.35. The molecule has 1 aromatic rings. The van der Waals surface area contributed by atoms with Gasteiger partial charge >= 0.3 is 0 Å². The fourth-order valence-corrected chi connectivity index (χ4v) is 1.94. The molecular weight excluding hydrogens is 292 g/mol. The van der Waals surface area contributed by atoms with Gasteiger partial charge in [0, 0.05) is 30.5 Å². The smallest absolute Gasteiger partial charge is 0.224 e. The zero-order valence-corrected chi connectivity index (χ0v) is 13.2. The first-order valence-corrected chi connectivity index (χ1v) is 8.78. The molecule has 118 valence electrons. The van der Waals surface area contributed by atoms with Gasteiger partial charge in [-0.3, -0.25) is 4.79 Å². The predicted octanol–water partition coefficient (Wildman–Crippen LogP) is 1.18. The number of nitrogens with two attached hydrogens (primary N) is 1. The summed E-state index contributed by atoms with van der Waals surface area (Å²) in [6, 6.07) is 6.83. The van der Waals surface area contributed by atoms with Crippen LogP contribution in [0.3, 0.4) is 0 Å². The lowest BCUT2D eigenvalue weighted by Gasteiger charge is -2.09. The zero-order valence-electron chi connectivity index (χ0n) is 12.3. The first-order chi connectivity index (χ1) is 9.76. The number of hydrogen-bond donors (Lipinski definition) is 2. The van der Waals surface area contributed by atoms with Crippen molar-refractivity contribution in [2.24, 2.45) is 5.73 Å². The number of rotatable bonds is 8. The molecule has 0 radical (unpaired) electrons. The number of hydrogen-bond acceptors (Lipinski definition) is 5. The van der Waals surface area contributed by atoms with Gasteiger partial charge in [-0.1, -0.05) is 6.07 Å². The molecular formula is C14H22N2O4S. The third kappa shape index (κ3) is 8.31. The number of amides is 1. The highest BCUT2D eigenvalue weighted by atomic mass is 32.2. The summed E-state index contributed by atoms with van der Waals surface area (Å²) in [5.74, 6) is 0.363. The standard InChI is InChI=1S/C14H22N2O4S/c1-11(15)6-7-14(17)16-12-4-3-5-13(10-12)20-8-9-21(2,18)19/h3-5,10-11H,6-9,15H2,1-2H3,(H,16,17). The van der Waals surface area contributed by atoms with E-state index in [2.05, 4.69) is 5.32 Å². The van der Waals surface area contributed by atoms with Gasteiger partial charge in [-0.2, -0.15) is 0 Å². The molecule has 0 bridgehead atoms. The van der Waals surface area contributed by atoms with Gasteiger partial charge in [-0.25, -0.2) is 8.42 Å². The molecule has 0 aliphatic heterocycles. The number of ether oxygens (including phenoxy) is 1. The Morgan fingerprint density at radius 2 is 2.14 bits per heavy atom. The second-order valence-electron chi connectivity index (χ2n) is 5.07. The van der Waals surface area contributed by atoms with E-state index in [9.17, 15) is 13.2 Å². The largest absolute Gasteiger partial charge is 0.492 e. The number of sulfone groups is 1. The minimum Gasteiger partial charge on any atom is -0.492 e. The Morgan fingerprint density at radius 3 is 2.76 bits per heavy atom. The Balaban J connectivity index is 2.50. The predicted molar refractivity (Wildman–Crippen MR) is 83.2 cm³/mol. The Hall–Kier alpha value is -1.60.